The summed E-state index contributed by atoms with van der Waals surface area (Å²) in [4.78, 5) is 31.1. The van der Waals surface area contributed by atoms with Crippen molar-refractivity contribution in [2.75, 3.05) is 0 Å². The third kappa shape index (κ3) is 3.46. The fourth-order valence-corrected chi connectivity index (χ4v) is 4.10. The van der Waals surface area contributed by atoms with Crippen molar-refractivity contribution >= 4 is 34.4 Å². The van der Waals surface area contributed by atoms with Crippen LogP contribution in [-0.2, 0) is 13.1 Å². The number of aromatic nitrogens is 4. The van der Waals surface area contributed by atoms with Crippen LogP contribution in [0.15, 0.2) is 64.4 Å². The van der Waals surface area contributed by atoms with Gasteiger partial charge in [-0.05, 0) is 54.7 Å². The van der Waals surface area contributed by atoms with E-state index in [0.29, 0.717) is 45.9 Å². The molecule has 0 radical (unpaired) electrons. The topological polar surface area (TPSA) is 61.8 Å². The molecule has 6 nitrogen and oxygen atoms in total. The highest BCUT2D eigenvalue weighted by Crippen LogP contribution is 2.30. The van der Waals surface area contributed by atoms with Crippen LogP contribution in [0.5, 0.6) is 0 Å². The number of hydrogen-bond donors (Lipinski definition) is 0. The highest BCUT2D eigenvalue weighted by atomic mass is 35.5. The van der Waals surface area contributed by atoms with E-state index < -0.39 is 5.69 Å². The van der Waals surface area contributed by atoms with Crippen molar-refractivity contribution in [2.45, 2.75) is 25.9 Å². The van der Waals surface area contributed by atoms with Gasteiger partial charge in [0.25, 0.3) is 5.56 Å². The molecule has 0 N–H and O–H groups in total. The summed E-state index contributed by atoms with van der Waals surface area (Å²) >= 11 is 12.3. The van der Waals surface area contributed by atoms with Crippen molar-refractivity contribution in [1.29, 1.82) is 0 Å². The first kappa shape index (κ1) is 19.2. The Morgan fingerprint density at radius 2 is 1.73 bits per heavy atom. The summed E-state index contributed by atoms with van der Waals surface area (Å²) in [5.41, 5.74) is 1.51. The number of hydrogen-bond acceptors (Lipinski definition) is 3. The van der Waals surface area contributed by atoms with E-state index in [2.05, 4.69) is 4.98 Å². The van der Waals surface area contributed by atoms with Crippen molar-refractivity contribution in [1.82, 2.24) is 18.7 Å². The monoisotopic (exact) mass is 440 g/mol. The molecule has 0 bridgehead atoms. The van der Waals surface area contributed by atoms with E-state index in [1.54, 1.807) is 41.2 Å². The number of rotatable bonds is 5. The van der Waals surface area contributed by atoms with E-state index in [-0.39, 0.29) is 5.56 Å². The minimum atomic E-state index is -0.394. The van der Waals surface area contributed by atoms with Crippen LogP contribution in [-0.4, -0.2) is 18.7 Å². The molecular weight excluding hydrogens is 423 g/mol. The highest BCUT2D eigenvalue weighted by Gasteiger charge is 2.26. The molecule has 152 valence electrons. The van der Waals surface area contributed by atoms with Gasteiger partial charge < -0.3 is 4.57 Å². The number of nitrogens with zero attached hydrogens (tertiary/aromatic N) is 4. The molecule has 0 atom stereocenters. The molecule has 1 fully saturated rings. The Morgan fingerprint density at radius 1 is 1.00 bits per heavy atom. The summed E-state index contributed by atoms with van der Waals surface area (Å²) in [6, 6.07) is 14.5. The number of fused-ring (bicyclic) bond motifs is 1. The first-order chi connectivity index (χ1) is 14.5. The van der Waals surface area contributed by atoms with Crippen LogP contribution in [0, 0.1) is 5.92 Å². The van der Waals surface area contributed by atoms with Gasteiger partial charge in [0.05, 0.1) is 12.0 Å². The molecule has 1 saturated carbocycles. The van der Waals surface area contributed by atoms with Crippen molar-refractivity contribution in [3.8, 4) is 5.69 Å². The van der Waals surface area contributed by atoms with Crippen molar-refractivity contribution in [3.05, 3.63) is 91.3 Å². The zero-order valence-corrected chi connectivity index (χ0v) is 17.5. The van der Waals surface area contributed by atoms with E-state index >= 15 is 0 Å². The maximum absolute atomic E-state index is 13.3. The quantitative estimate of drug-likeness (QED) is 0.468. The predicted octanol–water partition coefficient (Wildman–Crippen LogP) is 4.11. The van der Waals surface area contributed by atoms with Gasteiger partial charge in [0, 0.05) is 23.1 Å². The van der Waals surface area contributed by atoms with Crippen molar-refractivity contribution in [2.24, 2.45) is 5.92 Å². The van der Waals surface area contributed by atoms with Crippen LogP contribution in [0.1, 0.15) is 18.4 Å². The maximum Gasteiger partial charge on any atom is 0.337 e. The molecule has 2 aromatic carbocycles. The van der Waals surface area contributed by atoms with Gasteiger partial charge in [0.2, 0.25) is 0 Å². The molecule has 0 spiro atoms. The summed E-state index contributed by atoms with van der Waals surface area (Å²) in [5.74, 6) is 0.366. The van der Waals surface area contributed by atoms with Crippen LogP contribution in [0.4, 0.5) is 0 Å². The average Bonchev–Trinajstić information content (AvgIpc) is 3.45. The SMILES string of the molecule is O=c1c2c(ncn2Cc2cccc(Cl)c2)n(-c2cccc(Cl)c2)c(=O)n1CC1CC1. The Morgan fingerprint density at radius 3 is 2.43 bits per heavy atom. The molecule has 2 heterocycles. The Hall–Kier alpha value is -2.83. The molecule has 4 aromatic rings. The Balaban J connectivity index is 1.76. The molecule has 1 aliphatic rings. The summed E-state index contributed by atoms with van der Waals surface area (Å²) < 4.78 is 4.57. The van der Waals surface area contributed by atoms with Gasteiger partial charge in [-0.3, -0.25) is 9.36 Å². The van der Waals surface area contributed by atoms with E-state index in [0.717, 1.165) is 18.4 Å². The first-order valence-corrected chi connectivity index (χ1v) is 10.5. The molecular formula is C22H18Cl2N4O2. The zero-order chi connectivity index (χ0) is 20.8. The third-order valence-electron chi connectivity index (χ3n) is 5.35. The molecule has 0 amide bonds. The maximum atomic E-state index is 13.3. The molecule has 2 aromatic heterocycles. The lowest BCUT2D eigenvalue weighted by molar-refractivity contribution is 0.567. The number of halogens is 2. The highest BCUT2D eigenvalue weighted by molar-refractivity contribution is 6.31. The lowest BCUT2D eigenvalue weighted by Crippen LogP contribution is -2.40. The lowest BCUT2D eigenvalue weighted by atomic mass is 10.2. The van der Waals surface area contributed by atoms with Crippen LogP contribution in [0.25, 0.3) is 16.9 Å². The van der Waals surface area contributed by atoms with E-state index in [9.17, 15) is 9.59 Å². The molecule has 0 aliphatic heterocycles. The summed E-state index contributed by atoms with van der Waals surface area (Å²) in [6.45, 7) is 0.833. The summed E-state index contributed by atoms with van der Waals surface area (Å²) in [5, 5.41) is 1.13. The minimum Gasteiger partial charge on any atom is -0.320 e. The molecule has 5 rings (SSSR count). The fourth-order valence-electron chi connectivity index (χ4n) is 3.70. The average molecular weight is 441 g/mol. The third-order valence-corrected chi connectivity index (χ3v) is 5.82. The first-order valence-electron chi connectivity index (χ1n) is 9.72. The van der Waals surface area contributed by atoms with Crippen LogP contribution in [0.2, 0.25) is 10.0 Å². The van der Waals surface area contributed by atoms with Crippen LogP contribution < -0.4 is 11.2 Å². The van der Waals surface area contributed by atoms with Gasteiger partial charge in [-0.15, -0.1) is 0 Å². The lowest BCUT2D eigenvalue weighted by Gasteiger charge is -2.13. The molecule has 0 saturated heterocycles. The van der Waals surface area contributed by atoms with Crippen molar-refractivity contribution < 1.29 is 0 Å². The zero-order valence-electron chi connectivity index (χ0n) is 16.0. The minimum absolute atomic E-state index is 0.320. The van der Waals surface area contributed by atoms with Gasteiger partial charge in [0.1, 0.15) is 0 Å². The second-order valence-corrected chi connectivity index (χ2v) is 8.50. The molecule has 0 unspecified atom stereocenters. The predicted molar refractivity (Wildman–Crippen MR) is 118 cm³/mol. The Bertz CT molecular complexity index is 1380. The normalized spacial score (nSPS) is 13.8. The van der Waals surface area contributed by atoms with Gasteiger partial charge in [-0.2, -0.15) is 0 Å². The summed E-state index contributed by atoms with van der Waals surface area (Å²) in [7, 11) is 0. The Labute approximate surface area is 181 Å². The standard InChI is InChI=1S/C22H18Cl2N4O2/c23-16-4-1-3-15(9-16)11-26-13-25-20-19(26)21(29)27(12-14-7-8-14)22(30)28(20)18-6-2-5-17(24)10-18/h1-6,9-10,13-14H,7-8,11-12H2. The molecule has 8 heteroatoms. The second kappa shape index (κ2) is 7.45. The molecule has 1 aliphatic carbocycles. The smallest absolute Gasteiger partial charge is 0.320 e. The van der Waals surface area contributed by atoms with Crippen molar-refractivity contribution in [3.63, 3.8) is 0 Å². The van der Waals surface area contributed by atoms with Crippen LogP contribution >= 0.6 is 23.2 Å². The summed E-state index contributed by atoms with van der Waals surface area (Å²) in [6.07, 6.45) is 3.65. The van der Waals surface area contributed by atoms with Gasteiger partial charge >= 0.3 is 5.69 Å². The fraction of sp³-hybridized carbons (Fsp3) is 0.227. The van der Waals surface area contributed by atoms with E-state index in [1.807, 2.05) is 18.2 Å². The van der Waals surface area contributed by atoms with E-state index in [1.165, 1.54) is 9.13 Å². The second-order valence-electron chi connectivity index (χ2n) is 7.63. The Kier molecular flexibility index (Phi) is 4.76. The molecule has 30 heavy (non-hydrogen) atoms. The van der Waals surface area contributed by atoms with Gasteiger partial charge in [0.15, 0.2) is 11.2 Å². The largest absolute Gasteiger partial charge is 0.337 e. The van der Waals surface area contributed by atoms with Gasteiger partial charge in [-0.1, -0.05) is 41.4 Å². The number of imidazole rings is 1. The van der Waals surface area contributed by atoms with Gasteiger partial charge in [-0.25, -0.2) is 14.3 Å². The number of benzene rings is 2. The van der Waals surface area contributed by atoms with E-state index in [4.69, 9.17) is 23.2 Å². The van der Waals surface area contributed by atoms with Crippen LogP contribution in [0.3, 0.4) is 0 Å².